The van der Waals surface area contributed by atoms with Crippen LogP contribution in [-0.2, 0) is 4.79 Å². The monoisotopic (exact) mass is 171 g/mol. The number of likely N-dealkylation sites (tertiary alicyclic amines) is 1. The summed E-state index contributed by atoms with van der Waals surface area (Å²) in [5.41, 5.74) is 0. The van der Waals surface area contributed by atoms with Gasteiger partial charge in [0.15, 0.2) is 0 Å². The van der Waals surface area contributed by atoms with E-state index in [1.165, 1.54) is 0 Å². The van der Waals surface area contributed by atoms with E-state index in [1.54, 1.807) is 4.90 Å². The van der Waals surface area contributed by atoms with Gasteiger partial charge in [-0.15, -0.1) is 0 Å². The summed E-state index contributed by atoms with van der Waals surface area (Å²) < 4.78 is 0. The first-order valence-electron chi connectivity index (χ1n) is 4.73. The Morgan fingerprint density at radius 2 is 2.33 bits per heavy atom. The summed E-state index contributed by atoms with van der Waals surface area (Å²) in [7, 11) is 0. The number of aliphatic hydroxyl groups excluding tert-OH is 1. The van der Waals surface area contributed by atoms with Gasteiger partial charge in [0.25, 0.3) is 0 Å². The van der Waals surface area contributed by atoms with Crippen molar-refractivity contribution in [1.82, 2.24) is 4.90 Å². The molecule has 0 aliphatic carbocycles. The lowest BCUT2D eigenvalue weighted by molar-refractivity contribution is -0.133. The van der Waals surface area contributed by atoms with Crippen LogP contribution in [0.15, 0.2) is 0 Å². The normalized spacial score (nSPS) is 23.7. The highest BCUT2D eigenvalue weighted by atomic mass is 16.3. The van der Waals surface area contributed by atoms with Crippen molar-refractivity contribution < 1.29 is 9.90 Å². The summed E-state index contributed by atoms with van der Waals surface area (Å²) >= 11 is 0. The molecule has 12 heavy (non-hydrogen) atoms. The quantitative estimate of drug-likeness (QED) is 0.644. The maximum absolute atomic E-state index is 11.1. The maximum Gasteiger partial charge on any atom is 0.224 e. The van der Waals surface area contributed by atoms with E-state index in [2.05, 4.69) is 6.92 Å². The van der Waals surface area contributed by atoms with Crippen LogP contribution in [0, 0.1) is 0 Å². The van der Waals surface area contributed by atoms with E-state index in [0.29, 0.717) is 12.8 Å². The molecule has 1 aliphatic heterocycles. The molecule has 1 unspecified atom stereocenters. The van der Waals surface area contributed by atoms with Crippen LogP contribution >= 0.6 is 0 Å². The molecule has 0 aromatic heterocycles. The van der Waals surface area contributed by atoms with Gasteiger partial charge in [-0.1, -0.05) is 19.8 Å². The largest absolute Gasteiger partial charge is 0.374 e. The second-order valence-corrected chi connectivity index (χ2v) is 3.31. The van der Waals surface area contributed by atoms with Crippen LogP contribution < -0.4 is 0 Å². The van der Waals surface area contributed by atoms with Gasteiger partial charge in [0.1, 0.15) is 6.23 Å². The van der Waals surface area contributed by atoms with Crippen molar-refractivity contribution in [2.45, 2.75) is 45.3 Å². The molecule has 70 valence electrons. The molecule has 1 rings (SSSR count). The molecular formula is C9H17NO2. The number of hydrogen-bond donors (Lipinski definition) is 1. The van der Waals surface area contributed by atoms with Gasteiger partial charge in [0, 0.05) is 19.4 Å². The fourth-order valence-electron chi connectivity index (χ4n) is 1.52. The highest BCUT2D eigenvalue weighted by Gasteiger charge is 2.27. The lowest BCUT2D eigenvalue weighted by Gasteiger charge is -2.19. The highest BCUT2D eigenvalue weighted by Crippen LogP contribution is 2.16. The number of nitrogens with zero attached hydrogens (tertiary/aromatic N) is 1. The molecule has 0 aromatic carbocycles. The highest BCUT2D eigenvalue weighted by molar-refractivity contribution is 5.78. The van der Waals surface area contributed by atoms with E-state index in [0.717, 1.165) is 25.8 Å². The second kappa shape index (κ2) is 4.45. The van der Waals surface area contributed by atoms with Crippen LogP contribution in [-0.4, -0.2) is 28.7 Å². The summed E-state index contributed by atoms with van der Waals surface area (Å²) in [5.74, 6) is 0.110. The molecule has 0 aromatic rings. The molecule has 1 aliphatic rings. The van der Waals surface area contributed by atoms with Crippen LogP contribution in [0.1, 0.15) is 39.0 Å². The summed E-state index contributed by atoms with van der Waals surface area (Å²) in [6.45, 7) is 2.86. The number of aliphatic hydroxyl groups is 1. The van der Waals surface area contributed by atoms with Gasteiger partial charge in [-0.25, -0.2) is 0 Å². The van der Waals surface area contributed by atoms with Crippen LogP contribution in [0.4, 0.5) is 0 Å². The van der Waals surface area contributed by atoms with E-state index in [-0.39, 0.29) is 5.91 Å². The van der Waals surface area contributed by atoms with Gasteiger partial charge in [-0.05, 0) is 6.42 Å². The number of hydrogen-bond acceptors (Lipinski definition) is 2. The summed E-state index contributed by atoms with van der Waals surface area (Å²) in [6.07, 6.45) is 3.93. The first-order chi connectivity index (χ1) is 5.75. The van der Waals surface area contributed by atoms with Gasteiger partial charge in [0.05, 0.1) is 0 Å². The Balaban J connectivity index is 2.25. The number of amides is 1. The van der Waals surface area contributed by atoms with E-state index in [1.807, 2.05) is 0 Å². The predicted molar refractivity (Wildman–Crippen MR) is 46.5 cm³/mol. The van der Waals surface area contributed by atoms with E-state index >= 15 is 0 Å². The zero-order chi connectivity index (χ0) is 8.97. The average Bonchev–Trinajstić information content (AvgIpc) is 2.35. The molecule has 1 amide bonds. The van der Waals surface area contributed by atoms with Gasteiger partial charge in [-0.2, -0.15) is 0 Å². The molecule has 1 N–H and O–H groups in total. The SMILES string of the molecule is CCCCCN1C(=O)CCC1O. The first-order valence-corrected chi connectivity index (χ1v) is 4.73. The number of rotatable bonds is 4. The third kappa shape index (κ3) is 2.21. The van der Waals surface area contributed by atoms with Gasteiger partial charge >= 0.3 is 0 Å². The molecule has 3 heteroatoms. The fourth-order valence-corrected chi connectivity index (χ4v) is 1.52. The smallest absolute Gasteiger partial charge is 0.224 e. The Labute approximate surface area is 73.4 Å². The van der Waals surface area contributed by atoms with Crippen LogP contribution in [0.3, 0.4) is 0 Å². The lowest BCUT2D eigenvalue weighted by atomic mass is 10.2. The number of carbonyl (C=O) groups excluding carboxylic acids is 1. The molecular weight excluding hydrogens is 154 g/mol. The van der Waals surface area contributed by atoms with Crippen LogP contribution in [0.2, 0.25) is 0 Å². The van der Waals surface area contributed by atoms with Crippen molar-refractivity contribution >= 4 is 5.91 Å². The average molecular weight is 171 g/mol. The molecule has 3 nitrogen and oxygen atoms in total. The van der Waals surface area contributed by atoms with Crippen LogP contribution in [0.25, 0.3) is 0 Å². The molecule has 1 heterocycles. The third-order valence-electron chi connectivity index (χ3n) is 2.30. The Kier molecular flexibility index (Phi) is 3.53. The van der Waals surface area contributed by atoms with Crippen LogP contribution in [0.5, 0.6) is 0 Å². The van der Waals surface area contributed by atoms with Crippen molar-refractivity contribution in [1.29, 1.82) is 0 Å². The molecule has 0 bridgehead atoms. The van der Waals surface area contributed by atoms with Crippen molar-refractivity contribution in [3.63, 3.8) is 0 Å². The number of carbonyl (C=O) groups is 1. The van der Waals surface area contributed by atoms with Crippen molar-refractivity contribution in [3.05, 3.63) is 0 Å². The summed E-state index contributed by atoms with van der Waals surface area (Å²) in [6, 6.07) is 0. The van der Waals surface area contributed by atoms with Crippen molar-refractivity contribution in [3.8, 4) is 0 Å². The summed E-state index contributed by atoms with van der Waals surface area (Å²) in [5, 5.41) is 9.36. The standard InChI is InChI=1S/C9H17NO2/c1-2-3-4-7-10-8(11)5-6-9(10)12/h8,11H,2-7H2,1H3. The molecule has 1 fully saturated rings. The molecule has 1 saturated heterocycles. The molecule has 0 saturated carbocycles. The van der Waals surface area contributed by atoms with Crippen molar-refractivity contribution in [2.75, 3.05) is 6.54 Å². The van der Waals surface area contributed by atoms with Gasteiger partial charge in [0.2, 0.25) is 5.91 Å². The van der Waals surface area contributed by atoms with E-state index in [9.17, 15) is 9.90 Å². The Hall–Kier alpha value is -0.570. The first kappa shape index (κ1) is 9.52. The number of unbranched alkanes of at least 4 members (excludes halogenated alkanes) is 2. The maximum atomic E-state index is 11.1. The van der Waals surface area contributed by atoms with E-state index < -0.39 is 6.23 Å². The topological polar surface area (TPSA) is 40.5 Å². The second-order valence-electron chi connectivity index (χ2n) is 3.31. The fraction of sp³-hybridized carbons (Fsp3) is 0.889. The van der Waals surface area contributed by atoms with Gasteiger partial charge in [-0.3, -0.25) is 4.79 Å². The molecule has 1 atom stereocenters. The molecule has 0 radical (unpaired) electrons. The Morgan fingerprint density at radius 1 is 1.58 bits per heavy atom. The lowest BCUT2D eigenvalue weighted by Crippen LogP contribution is -2.33. The zero-order valence-electron chi connectivity index (χ0n) is 7.62. The Bertz CT molecular complexity index is 159. The molecule has 0 spiro atoms. The van der Waals surface area contributed by atoms with Gasteiger partial charge < -0.3 is 10.0 Å². The zero-order valence-corrected chi connectivity index (χ0v) is 7.62. The third-order valence-corrected chi connectivity index (χ3v) is 2.30. The van der Waals surface area contributed by atoms with E-state index in [4.69, 9.17) is 0 Å². The minimum atomic E-state index is -0.505. The predicted octanol–water partition coefficient (Wildman–Crippen LogP) is 1.12. The summed E-state index contributed by atoms with van der Waals surface area (Å²) in [4.78, 5) is 12.7. The van der Waals surface area contributed by atoms with Crippen molar-refractivity contribution in [2.24, 2.45) is 0 Å². The minimum absolute atomic E-state index is 0.110. The minimum Gasteiger partial charge on any atom is -0.374 e. The Morgan fingerprint density at radius 3 is 2.83 bits per heavy atom.